The van der Waals surface area contributed by atoms with Gasteiger partial charge >= 0.3 is 5.97 Å². The summed E-state index contributed by atoms with van der Waals surface area (Å²) in [4.78, 5) is 11.3. The molecule has 0 unspecified atom stereocenters. The number of rotatable bonds is 4. The molecule has 0 saturated heterocycles. The fourth-order valence-corrected chi connectivity index (χ4v) is 1.60. The van der Waals surface area contributed by atoms with E-state index in [1.54, 1.807) is 0 Å². The van der Waals surface area contributed by atoms with E-state index in [2.05, 4.69) is 10.1 Å². The molecule has 0 amide bonds. The second kappa shape index (κ2) is 5.68. The van der Waals surface area contributed by atoms with Crippen molar-refractivity contribution in [3.8, 4) is 0 Å². The molecule has 1 aromatic carbocycles. The van der Waals surface area contributed by atoms with Gasteiger partial charge in [0.15, 0.2) is 17.5 Å². The first-order valence-corrected chi connectivity index (χ1v) is 5.56. The second-order valence-electron chi connectivity index (χ2n) is 3.84. The molecule has 0 spiro atoms. The van der Waals surface area contributed by atoms with Gasteiger partial charge in [-0.1, -0.05) is 0 Å². The molecule has 2 rings (SSSR count). The Morgan fingerprint density at radius 2 is 2.00 bits per heavy atom. The van der Waals surface area contributed by atoms with Crippen LogP contribution in [0, 0.1) is 17.5 Å². The number of nitrogens with one attached hydrogen (secondary N) is 1. The molecular weight excluding hydrogens is 275 g/mol. The average molecular weight is 285 g/mol. The van der Waals surface area contributed by atoms with Gasteiger partial charge in [-0.2, -0.15) is 0 Å². The van der Waals surface area contributed by atoms with E-state index in [0.29, 0.717) is 5.56 Å². The summed E-state index contributed by atoms with van der Waals surface area (Å²) in [5.41, 5.74) is 0.182. The highest BCUT2D eigenvalue weighted by Crippen LogP contribution is 2.21. The molecule has 0 fully saturated rings. The molecule has 0 bridgehead atoms. The number of hydrogen-bond acceptors (Lipinski definition) is 4. The largest absolute Gasteiger partial charge is 0.463 e. The van der Waals surface area contributed by atoms with Gasteiger partial charge < -0.3 is 14.5 Å². The zero-order valence-corrected chi connectivity index (χ0v) is 10.4. The minimum atomic E-state index is -1.56. The van der Waals surface area contributed by atoms with Crippen LogP contribution in [0.5, 0.6) is 0 Å². The van der Waals surface area contributed by atoms with Gasteiger partial charge in [-0.25, -0.2) is 18.0 Å². The molecule has 0 saturated carbocycles. The number of hydrogen-bond donors (Lipinski definition) is 1. The number of carbonyl (C=O) groups is 1. The van der Waals surface area contributed by atoms with Crippen molar-refractivity contribution in [2.45, 2.75) is 6.54 Å². The zero-order chi connectivity index (χ0) is 14.7. The van der Waals surface area contributed by atoms with Crippen LogP contribution < -0.4 is 5.32 Å². The summed E-state index contributed by atoms with van der Waals surface area (Å²) in [5.74, 6) is -4.88. The standard InChI is InChI=1S/C13H10F3NO3/c1-19-13(18)12-7(4-5-20-12)6-17-9-3-2-8(14)10(15)11(9)16/h2-5,17H,6H2,1H3. The molecule has 1 aromatic heterocycles. The summed E-state index contributed by atoms with van der Waals surface area (Å²) in [7, 11) is 1.19. The third kappa shape index (κ3) is 2.61. The first kappa shape index (κ1) is 14.0. The van der Waals surface area contributed by atoms with Crippen LogP contribution in [0.3, 0.4) is 0 Å². The quantitative estimate of drug-likeness (QED) is 0.692. The van der Waals surface area contributed by atoms with E-state index < -0.39 is 23.4 Å². The van der Waals surface area contributed by atoms with Crippen molar-refractivity contribution in [1.29, 1.82) is 0 Å². The average Bonchev–Trinajstić information content (AvgIpc) is 2.91. The fraction of sp³-hybridized carbons (Fsp3) is 0.154. The lowest BCUT2D eigenvalue weighted by molar-refractivity contribution is 0.0563. The van der Waals surface area contributed by atoms with Gasteiger partial charge in [0.05, 0.1) is 19.1 Å². The molecule has 20 heavy (non-hydrogen) atoms. The van der Waals surface area contributed by atoms with E-state index in [1.165, 1.54) is 19.4 Å². The normalized spacial score (nSPS) is 10.4. The van der Waals surface area contributed by atoms with Crippen molar-refractivity contribution < 1.29 is 27.1 Å². The molecular formula is C13H10F3NO3. The Kier molecular flexibility index (Phi) is 3.97. The van der Waals surface area contributed by atoms with Gasteiger partial charge in [-0.15, -0.1) is 0 Å². The fourth-order valence-electron chi connectivity index (χ4n) is 1.60. The predicted octanol–water partition coefficient (Wildman–Crippen LogP) is 3.10. The number of esters is 1. The van der Waals surface area contributed by atoms with E-state index in [4.69, 9.17) is 4.42 Å². The van der Waals surface area contributed by atoms with Crippen molar-refractivity contribution in [2.75, 3.05) is 12.4 Å². The molecule has 2 aromatic rings. The molecule has 1 N–H and O–H groups in total. The molecule has 1 heterocycles. The van der Waals surface area contributed by atoms with E-state index >= 15 is 0 Å². The lowest BCUT2D eigenvalue weighted by atomic mass is 10.2. The predicted molar refractivity (Wildman–Crippen MR) is 63.7 cm³/mol. The number of anilines is 1. The maximum Gasteiger partial charge on any atom is 0.374 e. The zero-order valence-electron chi connectivity index (χ0n) is 10.4. The summed E-state index contributed by atoms with van der Waals surface area (Å²) < 4.78 is 48.7. The Bertz CT molecular complexity index is 640. The monoisotopic (exact) mass is 285 g/mol. The molecule has 4 nitrogen and oxygen atoms in total. The third-order valence-electron chi connectivity index (χ3n) is 2.62. The topological polar surface area (TPSA) is 51.5 Å². The van der Waals surface area contributed by atoms with Crippen molar-refractivity contribution in [1.82, 2.24) is 0 Å². The summed E-state index contributed by atoms with van der Waals surface area (Å²) in [6, 6.07) is 3.35. The van der Waals surface area contributed by atoms with Crippen molar-refractivity contribution in [2.24, 2.45) is 0 Å². The summed E-state index contributed by atoms with van der Waals surface area (Å²) in [6.07, 6.45) is 1.27. The molecule has 0 aliphatic rings. The smallest absolute Gasteiger partial charge is 0.374 e. The van der Waals surface area contributed by atoms with Gasteiger partial charge in [-0.3, -0.25) is 0 Å². The molecule has 7 heteroatoms. The van der Waals surface area contributed by atoms with Crippen LogP contribution >= 0.6 is 0 Å². The Morgan fingerprint density at radius 1 is 1.25 bits per heavy atom. The minimum absolute atomic E-state index is 0.0110. The highest BCUT2D eigenvalue weighted by Gasteiger charge is 2.17. The lowest BCUT2D eigenvalue weighted by Crippen LogP contribution is -2.08. The Labute approximate surface area is 112 Å². The van der Waals surface area contributed by atoms with E-state index in [1.807, 2.05) is 0 Å². The van der Waals surface area contributed by atoms with Crippen LogP contribution in [0.15, 0.2) is 28.9 Å². The maximum absolute atomic E-state index is 13.4. The van der Waals surface area contributed by atoms with Crippen LogP contribution in [0.1, 0.15) is 16.1 Å². The summed E-state index contributed by atoms with van der Waals surface area (Å²) in [6.45, 7) is -0.0110. The Hall–Kier alpha value is -2.44. The SMILES string of the molecule is COC(=O)c1occc1CNc1ccc(F)c(F)c1F. The van der Waals surface area contributed by atoms with Gasteiger partial charge in [0, 0.05) is 12.1 Å². The molecule has 0 aliphatic carbocycles. The van der Waals surface area contributed by atoms with Gasteiger partial charge in [0.25, 0.3) is 0 Å². The van der Waals surface area contributed by atoms with Gasteiger partial charge in [-0.05, 0) is 18.2 Å². The number of methoxy groups -OCH3 is 1. The van der Waals surface area contributed by atoms with Gasteiger partial charge in [0.1, 0.15) is 0 Å². The van der Waals surface area contributed by atoms with E-state index in [0.717, 1.165) is 12.1 Å². The Balaban J connectivity index is 2.16. The maximum atomic E-state index is 13.4. The first-order valence-electron chi connectivity index (χ1n) is 5.56. The highest BCUT2D eigenvalue weighted by molar-refractivity contribution is 5.87. The van der Waals surface area contributed by atoms with Crippen LogP contribution in [0.2, 0.25) is 0 Å². The van der Waals surface area contributed by atoms with Crippen molar-refractivity contribution in [3.05, 3.63) is 53.2 Å². The summed E-state index contributed by atoms with van der Waals surface area (Å²) in [5, 5.41) is 2.55. The summed E-state index contributed by atoms with van der Waals surface area (Å²) >= 11 is 0. The van der Waals surface area contributed by atoms with E-state index in [-0.39, 0.29) is 18.0 Å². The molecule has 0 radical (unpaired) electrons. The first-order chi connectivity index (χ1) is 9.54. The number of halogens is 3. The van der Waals surface area contributed by atoms with Gasteiger partial charge in [0.2, 0.25) is 5.76 Å². The van der Waals surface area contributed by atoms with Crippen molar-refractivity contribution in [3.63, 3.8) is 0 Å². The van der Waals surface area contributed by atoms with Crippen molar-refractivity contribution >= 4 is 11.7 Å². The number of ether oxygens (including phenoxy) is 1. The number of furan rings is 1. The van der Waals surface area contributed by atoms with Crippen LogP contribution in [0.4, 0.5) is 18.9 Å². The third-order valence-corrected chi connectivity index (χ3v) is 2.62. The van der Waals surface area contributed by atoms with Crippen LogP contribution in [0.25, 0.3) is 0 Å². The molecule has 106 valence electrons. The molecule has 0 aliphatic heterocycles. The minimum Gasteiger partial charge on any atom is -0.463 e. The lowest BCUT2D eigenvalue weighted by Gasteiger charge is -2.08. The van der Waals surface area contributed by atoms with Crippen LogP contribution in [-0.2, 0) is 11.3 Å². The number of benzene rings is 1. The number of carbonyl (C=O) groups excluding carboxylic acids is 1. The van der Waals surface area contributed by atoms with Crippen LogP contribution in [-0.4, -0.2) is 13.1 Å². The Morgan fingerprint density at radius 3 is 2.70 bits per heavy atom. The van der Waals surface area contributed by atoms with E-state index in [9.17, 15) is 18.0 Å². The second-order valence-corrected chi connectivity index (χ2v) is 3.84. The highest BCUT2D eigenvalue weighted by atomic mass is 19.2. The molecule has 0 atom stereocenters.